The molecular weight excluding hydrogens is 176 g/mol. The second kappa shape index (κ2) is 4.00. The fourth-order valence-electron chi connectivity index (χ4n) is 2.01. The molecule has 1 saturated carbocycles. The number of rotatable bonds is 2. The topological polar surface area (TPSA) is 55.9 Å². The van der Waals surface area contributed by atoms with Crippen LogP contribution in [0.2, 0.25) is 0 Å². The lowest BCUT2D eigenvalue weighted by Gasteiger charge is -2.29. The number of aromatic nitrogens is 2. The van der Waals surface area contributed by atoms with Gasteiger partial charge in [-0.15, -0.1) is 0 Å². The molecule has 0 aliphatic heterocycles. The van der Waals surface area contributed by atoms with Crippen molar-refractivity contribution in [2.45, 2.75) is 37.8 Å². The highest BCUT2D eigenvalue weighted by atomic mass is 15.2. The van der Waals surface area contributed by atoms with Gasteiger partial charge in [0.1, 0.15) is 0 Å². The molecule has 1 aromatic rings. The van der Waals surface area contributed by atoms with Crippen molar-refractivity contribution < 1.29 is 0 Å². The van der Waals surface area contributed by atoms with Gasteiger partial charge in [0.25, 0.3) is 0 Å². The lowest BCUT2D eigenvalue weighted by molar-refractivity contribution is 0.402. The average molecular weight is 194 g/mol. The van der Waals surface area contributed by atoms with E-state index >= 15 is 0 Å². The Kier molecular flexibility index (Phi) is 2.72. The Morgan fingerprint density at radius 1 is 1.50 bits per heavy atom. The van der Waals surface area contributed by atoms with Gasteiger partial charge in [0.2, 0.25) is 5.95 Å². The van der Waals surface area contributed by atoms with Gasteiger partial charge in [-0.25, -0.2) is 4.98 Å². The Bertz CT molecular complexity index is 294. The number of nitrogens with zero attached hydrogens (tertiary/aromatic N) is 2. The Labute approximate surface area is 84.5 Å². The summed E-state index contributed by atoms with van der Waals surface area (Å²) in [7, 11) is 1.99. The van der Waals surface area contributed by atoms with Crippen molar-refractivity contribution >= 4 is 5.95 Å². The highest BCUT2D eigenvalue weighted by Crippen LogP contribution is 2.19. The van der Waals surface area contributed by atoms with Gasteiger partial charge in [0.05, 0.1) is 0 Å². The molecule has 3 N–H and O–H groups in total. The van der Waals surface area contributed by atoms with Crippen molar-refractivity contribution in [2.24, 2.45) is 12.8 Å². The Hall–Kier alpha value is -1.03. The molecule has 0 aromatic carbocycles. The summed E-state index contributed by atoms with van der Waals surface area (Å²) in [5.41, 5.74) is 6.05. The normalized spacial score (nSPS) is 27.6. The number of imidazole rings is 1. The molecule has 0 bridgehead atoms. The Morgan fingerprint density at radius 3 is 2.93 bits per heavy atom. The van der Waals surface area contributed by atoms with Crippen LogP contribution in [0.25, 0.3) is 0 Å². The lowest BCUT2D eigenvalue weighted by atomic mass is 9.91. The first-order valence-electron chi connectivity index (χ1n) is 5.27. The third-order valence-electron chi connectivity index (χ3n) is 2.96. The molecule has 1 heterocycles. The van der Waals surface area contributed by atoms with E-state index in [1.807, 2.05) is 17.8 Å². The van der Waals surface area contributed by atoms with Crippen molar-refractivity contribution in [1.29, 1.82) is 0 Å². The molecule has 2 rings (SSSR count). The van der Waals surface area contributed by atoms with Gasteiger partial charge < -0.3 is 15.6 Å². The highest BCUT2D eigenvalue weighted by molar-refractivity contribution is 5.28. The molecule has 0 saturated heterocycles. The molecule has 1 fully saturated rings. The lowest BCUT2D eigenvalue weighted by Crippen LogP contribution is -2.43. The largest absolute Gasteiger partial charge is 0.351 e. The summed E-state index contributed by atoms with van der Waals surface area (Å²) in [6.07, 6.45) is 8.57. The molecule has 1 aromatic heterocycles. The summed E-state index contributed by atoms with van der Waals surface area (Å²) >= 11 is 0. The van der Waals surface area contributed by atoms with Crippen molar-refractivity contribution in [3.05, 3.63) is 12.4 Å². The summed E-state index contributed by atoms with van der Waals surface area (Å²) in [6.45, 7) is 0. The Morgan fingerprint density at radius 2 is 2.29 bits per heavy atom. The zero-order valence-corrected chi connectivity index (χ0v) is 8.61. The molecule has 1 aliphatic rings. The molecule has 0 radical (unpaired) electrons. The summed E-state index contributed by atoms with van der Waals surface area (Å²) in [5.74, 6) is 0.923. The van der Waals surface area contributed by atoms with Crippen LogP contribution in [0.5, 0.6) is 0 Å². The molecule has 0 amide bonds. The Balaban J connectivity index is 1.99. The molecule has 4 nitrogen and oxygen atoms in total. The number of anilines is 1. The van der Waals surface area contributed by atoms with E-state index in [4.69, 9.17) is 5.73 Å². The maximum Gasteiger partial charge on any atom is 0.202 e. The molecule has 0 spiro atoms. The number of nitrogens with two attached hydrogens (primary N) is 1. The van der Waals surface area contributed by atoms with E-state index in [0.717, 1.165) is 18.8 Å². The molecule has 78 valence electrons. The summed E-state index contributed by atoms with van der Waals surface area (Å²) in [4.78, 5) is 4.24. The van der Waals surface area contributed by atoms with Crippen molar-refractivity contribution in [3.8, 4) is 0 Å². The van der Waals surface area contributed by atoms with Gasteiger partial charge in [-0.2, -0.15) is 0 Å². The van der Waals surface area contributed by atoms with Crippen LogP contribution < -0.4 is 11.1 Å². The molecule has 1 aliphatic carbocycles. The molecule has 4 heteroatoms. The first kappa shape index (κ1) is 9.52. The molecule has 2 atom stereocenters. The smallest absolute Gasteiger partial charge is 0.202 e. The van der Waals surface area contributed by atoms with E-state index in [0.29, 0.717) is 6.04 Å². The van der Waals surface area contributed by atoms with Crippen molar-refractivity contribution in [3.63, 3.8) is 0 Å². The second-order valence-corrected chi connectivity index (χ2v) is 4.06. The summed E-state index contributed by atoms with van der Waals surface area (Å²) in [6, 6.07) is 0.672. The molecular formula is C10H18N4. The first-order valence-corrected chi connectivity index (χ1v) is 5.27. The van der Waals surface area contributed by atoms with Gasteiger partial charge in [0, 0.05) is 31.5 Å². The van der Waals surface area contributed by atoms with Crippen LogP contribution in [-0.2, 0) is 7.05 Å². The third kappa shape index (κ3) is 1.90. The monoisotopic (exact) mass is 194 g/mol. The van der Waals surface area contributed by atoms with Gasteiger partial charge >= 0.3 is 0 Å². The standard InChI is InChI=1S/C10H18N4/c1-14-7-6-12-10(14)13-9-5-3-2-4-8(9)11/h6-9H,2-5,11H2,1H3,(H,12,13)/t8-,9-/m1/s1. The van der Waals surface area contributed by atoms with Gasteiger partial charge in [0.15, 0.2) is 0 Å². The minimum Gasteiger partial charge on any atom is -0.351 e. The molecule has 0 unspecified atom stereocenters. The summed E-state index contributed by atoms with van der Waals surface area (Å²) in [5, 5.41) is 3.41. The van der Waals surface area contributed by atoms with Crippen LogP contribution >= 0.6 is 0 Å². The predicted molar refractivity (Wildman–Crippen MR) is 57.1 cm³/mol. The zero-order valence-electron chi connectivity index (χ0n) is 8.61. The minimum absolute atomic E-state index is 0.278. The van der Waals surface area contributed by atoms with E-state index < -0.39 is 0 Å². The molecule has 14 heavy (non-hydrogen) atoms. The maximum absolute atomic E-state index is 6.05. The van der Waals surface area contributed by atoms with Crippen LogP contribution in [0.1, 0.15) is 25.7 Å². The van der Waals surface area contributed by atoms with Crippen LogP contribution in [0, 0.1) is 0 Å². The number of hydrogen-bond donors (Lipinski definition) is 2. The average Bonchev–Trinajstić information content (AvgIpc) is 2.56. The first-order chi connectivity index (χ1) is 6.77. The third-order valence-corrected chi connectivity index (χ3v) is 2.96. The minimum atomic E-state index is 0.278. The second-order valence-electron chi connectivity index (χ2n) is 4.06. The van der Waals surface area contributed by atoms with Crippen LogP contribution in [0.15, 0.2) is 12.4 Å². The predicted octanol–water partition coefficient (Wildman–Crippen LogP) is 1.10. The number of nitrogens with one attached hydrogen (secondary N) is 1. The van der Waals surface area contributed by atoms with Crippen molar-refractivity contribution in [2.75, 3.05) is 5.32 Å². The fourth-order valence-corrected chi connectivity index (χ4v) is 2.01. The van der Waals surface area contributed by atoms with E-state index in [2.05, 4.69) is 10.3 Å². The fraction of sp³-hybridized carbons (Fsp3) is 0.700. The van der Waals surface area contributed by atoms with Gasteiger partial charge in [-0.05, 0) is 12.8 Å². The van der Waals surface area contributed by atoms with E-state index in [1.54, 1.807) is 6.20 Å². The van der Waals surface area contributed by atoms with E-state index in [1.165, 1.54) is 12.8 Å². The van der Waals surface area contributed by atoms with Gasteiger partial charge in [-0.3, -0.25) is 0 Å². The number of hydrogen-bond acceptors (Lipinski definition) is 3. The zero-order chi connectivity index (χ0) is 9.97. The van der Waals surface area contributed by atoms with E-state index in [9.17, 15) is 0 Å². The SMILES string of the molecule is Cn1ccnc1N[C@@H]1CCCC[C@H]1N. The van der Waals surface area contributed by atoms with Crippen molar-refractivity contribution in [1.82, 2.24) is 9.55 Å². The van der Waals surface area contributed by atoms with Crippen LogP contribution in [0.4, 0.5) is 5.95 Å². The maximum atomic E-state index is 6.05. The summed E-state index contributed by atoms with van der Waals surface area (Å²) < 4.78 is 1.99. The number of aryl methyl sites for hydroxylation is 1. The van der Waals surface area contributed by atoms with Crippen LogP contribution in [0.3, 0.4) is 0 Å². The van der Waals surface area contributed by atoms with Gasteiger partial charge in [-0.1, -0.05) is 12.8 Å². The highest BCUT2D eigenvalue weighted by Gasteiger charge is 2.22. The quantitative estimate of drug-likeness (QED) is 0.741. The van der Waals surface area contributed by atoms with Crippen LogP contribution in [-0.4, -0.2) is 21.6 Å². The van der Waals surface area contributed by atoms with E-state index in [-0.39, 0.29) is 6.04 Å².